The van der Waals surface area contributed by atoms with Crippen LogP contribution in [0.15, 0.2) is 42.9 Å². The van der Waals surface area contributed by atoms with Gasteiger partial charge < -0.3 is 15.8 Å². The zero-order valence-corrected chi connectivity index (χ0v) is 17.4. The highest BCUT2D eigenvalue weighted by atomic mass is 19.1. The molecule has 3 N–H and O–H groups in total. The van der Waals surface area contributed by atoms with Crippen molar-refractivity contribution in [3.8, 4) is 34.0 Å². The van der Waals surface area contributed by atoms with E-state index in [1.165, 1.54) is 23.9 Å². The van der Waals surface area contributed by atoms with E-state index >= 15 is 0 Å². The summed E-state index contributed by atoms with van der Waals surface area (Å²) < 4.78 is 22.4. The van der Waals surface area contributed by atoms with E-state index in [-0.39, 0.29) is 11.6 Å². The summed E-state index contributed by atoms with van der Waals surface area (Å²) in [6.45, 7) is 1.98. The van der Waals surface area contributed by atoms with Gasteiger partial charge in [0.05, 0.1) is 30.6 Å². The van der Waals surface area contributed by atoms with Crippen LogP contribution in [-0.4, -0.2) is 55.2 Å². The van der Waals surface area contributed by atoms with Crippen LogP contribution < -0.4 is 15.8 Å². The molecule has 4 heterocycles. The van der Waals surface area contributed by atoms with Gasteiger partial charge in [0.15, 0.2) is 17.4 Å². The summed E-state index contributed by atoms with van der Waals surface area (Å²) in [4.78, 5) is 4.35. The zero-order valence-electron chi connectivity index (χ0n) is 17.4. The number of tetrazole rings is 1. The lowest BCUT2D eigenvalue weighted by atomic mass is 10.1. The molecule has 32 heavy (non-hydrogen) atoms. The van der Waals surface area contributed by atoms with Gasteiger partial charge in [0.25, 0.3) is 0 Å². The maximum absolute atomic E-state index is 13.8. The van der Waals surface area contributed by atoms with Crippen molar-refractivity contribution >= 4 is 5.82 Å². The Labute approximate surface area is 183 Å². The second-order valence-corrected chi connectivity index (χ2v) is 7.58. The number of halogens is 1. The molecule has 0 radical (unpaired) electrons. The largest absolute Gasteiger partial charge is 0.494 e. The second-order valence-electron chi connectivity index (χ2n) is 7.58. The van der Waals surface area contributed by atoms with Crippen molar-refractivity contribution in [3.63, 3.8) is 0 Å². The molecular formula is C21H22FN9O. The Hall–Kier alpha value is -3.86. The molecule has 1 fully saturated rings. The van der Waals surface area contributed by atoms with Crippen LogP contribution in [0.25, 0.3) is 28.2 Å². The molecule has 164 valence electrons. The number of methoxy groups -OCH3 is 1. The van der Waals surface area contributed by atoms with E-state index < -0.39 is 5.82 Å². The highest BCUT2D eigenvalue weighted by Gasteiger charge is 2.19. The molecule has 11 heteroatoms. The van der Waals surface area contributed by atoms with Crippen LogP contribution in [0, 0.1) is 5.82 Å². The fraction of sp³-hybridized carbons (Fsp3) is 0.286. The molecule has 0 spiro atoms. The third-order valence-corrected chi connectivity index (χ3v) is 5.63. The number of nitrogens with one attached hydrogen (secondary N) is 1. The van der Waals surface area contributed by atoms with E-state index in [0.29, 0.717) is 23.1 Å². The Morgan fingerprint density at radius 1 is 1.16 bits per heavy atom. The molecule has 4 aromatic rings. The van der Waals surface area contributed by atoms with Gasteiger partial charge >= 0.3 is 0 Å². The number of pyridine rings is 1. The van der Waals surface area contributed by atoms with Crippen molar-refractivity contribution in [2.24, 2.45) is 0 Å². The minimum atomic E-state index is -0.472. The molecule has 1 aromatic carbocycles. The molecule has 5 rings (SSSR count). The van der Waals surface area contributed by atoms with Gasteiger partial charge in [-0.25, -0.2) is 9.37 Å². The molecule has 10 nitrogen and oxygen atoms in total. The van der Waals surface area contributed by atoms with Crippen molar-refractivity contribution < 1.29 is 9.13 Å². The number of hydrogen-bond acceptors (Lipinski definition) is 8. The molecule has 1 aliphatic rings. The lowest BCUT2D eigenvalue weighted by molar-refractivity contribution is 0.343. The highest BCUT2D eigenvalue weighted by molar-refractivity contribution is 5.76. The number of anilines is 1. The molecular weight excluding hydrogens is 413 g/mol. The number of benzene rings is 1. The predicted molar refractivity (Wildman–Crippen MR) is 116 cm³/mol. The van der Waals surface area contributed by atoms with Crippen molar-refractivity contribution in [3.05, 3.63) is 48.7 Å². The van der Waals surface area contributed by atoms with Crippen molar-refractivity contribution in [2.45, 2.75) is 18.9 Å². The first-order chi connectivity index (χ1) is 15.6. The van der Waals surface area contributed by atoms with Gasteiger partial charge in [-0.2, -0.15) is 9.78 Å². The molecule has 0 saturated carbocycles. The molecule has 0 unspecified atom stereocenters. The molecule has 0 atom stereocenters. The van der Waals surface area contributed by atoms with Gasteiger partial charge in [0, 0.05) is 29.6 Å². The summed E-state index contributed by atoms with van der Waals surface area (Å²) in [6.07, 6.45) is 7.65. The monoisotopic (exact) mass is 435 g/mol. The molecule has 1 aliphatic heterocycles. The van der Waals surface area contributed by atoms with Gasteiger partial charge in [-0.15, -0.1) is 5.10 Å². The van der Waals surface area contributed by atoms with Crippen LogP contribution in [0.3, 0.4) is 0 Å². The predicted octanol–water partition coefficient (Wildman–Crippen LogP) is 2.24. The lowest BCUT2D eigenvalue weighted by Crippen LogP contribution is -2.29. The normalized spacial score (nSPS) is 14.6. The molecule has 0 amide bonds. The Kier molecular flexibility index (Phi) is 5.23. The minimum absolute atomic E-state index is 0.0918. The van der Waals surface area contributed by atoms with Crippen LogP contribution in [0.5, 0.6) is 5.75 Å². The fourth-order valence-electron chi connectivity index (χ4n) is 3.88. The number of nitrogens with two attached hydrogens (primary N) is 1. The van der Waals surface area contributed by atoms with Crippen LogP contribution in [0.1, 0.15) is 18.9 Å². The molecule has 0 bridgehead atoms. The topological polar surface area (TPSA) is 122 Å². The average molecular weight is 435 g/mol. The summed E-state index contributed by atoms with van der Waals surface area (Å²) in [5.41, 5.74) is 9.05. The summed E-state index contributed by atoms with van der Waals surface area (Å²) >= 11 is 0. The summed E-state index contributed by atoms with van der Waals surface area (Å²) in [7, 11) is 1.40. The van der Waals surface area contributed by atoms with E-state index in [0.717, 1.165) is 37.1 Å². The van der Waals surface area contributed by atoms with Gasteiger partial charge in [0.1, 0.15) is 5.82 Å². The number of hydrogen-bond donors (Lipinski definition) is 2. The quantitative estimate of drug-likeness (QED) is 0.490. The maximum atomic E-state index is 13.8. The standard InChI is InChI=1S/C21H22FN9O/c1-32-19-9-16(2-3-18(19)22)31-21(27-28-29-31)17-8-13(10-25-20(17)23)14-11-26-30(12-14)15-4-6-24-7-5-15/h2-3,8-12,15,24H,4-7H2,1H3,(H2,23,25). The third kappa shape index (κ3) is 3.66. The first kappa shape index (κ1) is 20.1. The van der Waals surface area contributed by atoms with E-state index in [4.69, 9.17) is 10.5 Å². The number of nitrogens with zero attached hydrogens (tertiary/aromatic N) is 7. The number of piperidine rings is 1. The Morgan fingerprint density at radius 2 is 2.00 bits per heavy atom. The van der Waals surface area contributed by atoms with Gasteiger partial charge in [-0.1, -0.05) is 0 Å². The van der Waals surface area contributed by atoms with E-state index in [1.807, 2.05) is 23.1 Å². The van der Waals surface area contributed by atoms with Gasteiger partial charge in [0.2, 0.25) is 0 Å². The van der Waals surface area contributed by atoms with E-state index in [2.05, 4.69) is 30.9 Å². The average Bonchev–Trinajstić information content (AvgIpc) is 3.51. The fourth-order valence-corrected chi connectivity index (χ4v) is 3.88. The molecule has 3 aromatic heterocycles. The zero-order chi connectivity index (χ0) is 22.1. The summed E-state index contributed by atoms with van der Waals surface area (Å²) in [5, 5.41) is 19.9. The Bertz CT molecular complexity index is 1250. The van der Waals surface area contributed by atoms with Crippen LogP contribution in [0.4, 0.5) is 10.2 Å². The molecule has 0 aliphatic carbocycles. The smallest absolute Gasteiger partial charge is 0.190 e. The highest BCUT2D eigenvalue weighted by Crippen LogP contribution is 2.31. The van der Waals surface area contributed by atoms with Crippen LogP contribution in [-0.2, 0) is 0 Å². The van der Waals surface area contributed by atoms with Crippen molar-refractivity contribution in [2.75, 3.05) is 25.9 Å². The first-order valence-corrected chi connectivity index (χ1v) is 10.3. The minimum Gasteiger partial charge on any atom is -0.494 e. The number of ether oxygens (including phenoxy) is 1. The van der Waals surface area contributed by atoms with E-state index in [1.54, 1.807) is 12.3 Å². The summed E-state index contributed by atoms with van der Waals surface area (Å²) in [5.74, 6) is 0.287. The van der Waals surface area contributed by atoms with Gasteiger partial charge in [-0.3, -0.25) is 4.68 Å². The maximum Gasteiger partial charge on any atom is 0.190 e. The SMILES string of the molecule is COc1cc(-n2nnnc2-c2cc(-c3cnn(C4CCNCC4)c3)cnc2N)ccc1F. The lowest BCUT2D eigenvalue weighted by Gasteiger charge is -2.22. The van der Waals surface area contributed by atoms with Crippen molar-refractivity contribution in [1.82, 2.24) is 40.3 Å². The molecule has 1 saturated heterocycles. The van der Waals surface area contributed by atoms with Gasteiger partial charge in [-0.05, 0) is 54.6 Å². The third-order valence-electron chi connectivity index (χ3n) is 5.63. The Morgan fingerprint density at radius 3 is 2.81 bits per heavy atom. The number of nitrogen functional groups attached to an aromatic ring is 1. The summed E-state index contributed by atoms with van der Waals surface area (Å²) in [6, 6.07) is 6.65. The van der Waals surface area contributed by atoms with E-state index in [9.17, 15) is 4.39 Å². The van der Waals surface area contributed by atoms with Crippen LogP contribution >= 0.6 is 0 Å². The van der Waals surface area contributed by atoms with Crippen molar-refractivity contribution in [1.29, 1.82) is 0 Å². The number of rotatable bonds is 5. The first-order valence-electron chi connectivity index (χ1n) is 10.3. The number of aromatic nitrogens is 7. The second kappa shape index (κ2) is 8.35. The Balaban J connectivity index is 1.51. The van der Waals surface area contributed by atoms with Crippen LogP contribution in [0.2, 0.25) is 0 Å².